The Kier molecular flexibility index (Phi) is 11.4. The average molecular weight is 816 g/mol. The summed E-state index contributed by atoms with van der Waals surface area (Å²) in [7, 11) is 1.89. The molecule has 4 bridgehead atoms. The van der Waals surface area contributed by atoms with Crippen molar-refractivity contribution in [3.05, 3.63) is 46.5 Å². The van der Waals surface area contributed by atoms with Gasteiger partial charge in [-0.25, -0.2) is 4.79 Å². The van der Waals surface area contributed by atoms with Crippen molar-refractivity contribution in [2.75, 3.05) is 13.7 Å². The number of unbranched alkanes of at least 4 members (excludes halogenated alkanes) is 2. The van der Waals surface area contributed by atoms with Crippen molar-refractivity contribution in [2.45, 2.75) is 165 Å². The SMILES string of the molecule is CCCCCC1CC2(C=O)C3CCC45CCC#Cc6cccc(CO)c6CC(NC)C6CC(CC4(O)C3(O)CC(CCC(C)C)C2(O)CC1O)C5(CO)C1=CC(=O)OC16. The number of ether oxygens (including phenoxy) is 1. The number of carbonyl (C=O) groups is 2. The second kappa shape index (κ2) is 15.6. The minimum atomic E-state index is -1.85. The van der Waals surface area contributed by atoms with Gasteiger partial charge in [-0.3, -0.25) is 0 Å². The van der Waals surface area contributed by atoms with E-state index in [0.29, 0.717) is 56.9 Å². The first-order valence-electron chi connectivity index (χ1n) is 22.9. The number of esters is 1. The molecule has 0 amide bonds. The van der Waals surface area contributed by atoms with Crippen LogP contribution in [-0.2, 0) is 27.4 Å². The zero-order chi connectivity index (χ0) is 42.2. The molecule has 1 aliphatic heterocycles. The van der Waals surface area contributed by atoms with Crippen molar-refractivity contribution in [1.29, 1.82) is 0 Å². The van der Waals surface area contributed by atoms with Crippen LogP contribution in [0.3, 0.4) is 0 Å². The molecule has 59 heavy (non-hydrogen) atoms. The Morgan fingerprint density at radius 1 is 1.03 bits per heavy atom. The normalized spacial score (nSPS) is 44.6. The third-order valence-corrected chi connectivity index (χ3v) is 18.0. The van der Waals surface area contributed by atoms with Gasteiger partial charge in [-0.05, 0) is 118 Å². The second-order valence-corrected chi connectivity index (χ2v) is 20.5. The topological polar surface area (TPSA) is 177 Å². The van der Waals surface area contributed by atoms with Crippen molar-refractivity contribution in [2.24, 2.45) is 51.8 Å². The molecule has 1 aromatic carbocycles. The van der Waals surface area contributed by atoms with Crippen molar-refractivity contribution in [3.8, 4) is 11.8 Å². The lowest BCUT2D eigenvalue weighted by molar-refractivity contribution is -0.343. The largest absolute Gasteiger partial charge is 0.454 e. The van der Waals surface area contributed by atoms with Crippen LogP contribution in [0.1, 0.15) is 134 Å². The maximum absolute atomic E-state index is 14.2. The van der Waals surface area contributed by atoms with Crippen LogP contribution < -0.4 is 5.32 Å². The van der Waals surface area contributed by atoms with Crippen LogP contribution in [0.4, 0.5) is 0 Å². The molecule has 8 rings (SSSR count). The van der Waals surface area contributed by atoms with Gasteiger partial charge in [-0.2, -0.15) is 0 Å². The molecule has 1 heterocycles. The number of fused-ring (bicyclic) bond motifs is 8. The van der Waals surface area contributed by atoms with E-state index in [1.807, 2.05) is 25.2 Å². The van der Waals surface area contributed by atoms with Gasteiger partial charge in [0.05, 0.1) is 35.9 Å². The Morgan fingerprint density at radius 2 is 1.83 bits per heavy atom. The quantitative estimate of drug-likeness (QED) is 0.0704. The van der Waals surface area contributed by atoms with Crippen molar-refractivity contribution < 1.29 is 45.0 Å². The lowest BCUT2D eigenvalue weighted by Crippen LogP contribution is -2.80. The highest BCUT2D eigenvalue weighted by molar-refractivity contribution is 5.87. The first kappa shape index (κ1) is 43.0. The minimum absolute atomic E-state index is 0.0552. The fraction of sp³-hybridized carbons (Fsp3) is 0.755. The summed E-state index contributed by atoms with van der Waals surface area (Å²) in [6, 6.07) is 5.54. The monoisotopic (exact) mass is 815 g/mol. The summed E-state index contributed by atoms with van der Waals surface area (Å²) in [6.45, 7) is 5.87. The summed E-state index contributed by atoms with van der Waals surface area (Å²) in [6.07, 6.45) is 8.67. The van der Waals surface area contributed by atoms with E-state index in [4.69, 9.17) is 4.74 Å². The van der Waals surface area contributed by atoms with Gasteiger partial charge in [0.15, 0.2) is 0 Å². The van der Waals surface area contributed by atoms with Crippen molar-refractivity contribution in [3.63, 3.8) is 0 Å². The van der Waals surface area contributed by atoms with Gasteiger partial charge in [0.1, 0.15) is 18.0 Å². The van der Waals surface area contributed by atoms with Gasteiger partial charge in [-0.1, -0.05) is 70.4 Å². The predicted molar refractivity (Wildman–Crippen MR) is 222 cm³/mol. The Bertz CT molecular complexity index is 1890. The predicted octanol–water partition coefficient (Wildman–Crippen LogP) is 4.91. The summed E-state index contributed by atoms with van der Waals surface area (Å²) in [5.41, 5.74) is -5.76. The van der Waals surface area contributed by atoms with Crippen molar-refractivity contribution >= 4 is 12.3 Å². The third-order valence-electron chi connectivity index (χ3n) is 18.0. The molecule has 10 heteroatoms. The standard InChI is InChI=1S/C49H69NO9/c1-5-6-7-12-32-23-44(28-52)41-17-19-45-18-9-8-11-31-13-10-14-33(27-51)36(31)21-39(50-4)37-20-35(46(45,29-53)38-22-42(55)59-43(37)38)25-49(45,58)48(41,57)24-34(16-15-30(2)3)47(44,56)26-40(32)54/h10,13-14,22,28,30,32,34-35,37,39-41,43,50-51,53-54,56-58H,5-7,9,12,15-21,23-27,29H2,1-4H3. The number of nitrogens with one attached hydrogen (secondary N) is 1. The molecule has 6 aliphatic carbocycles. The number of benzene rings is 1. The number of carbonyl (C=O) groups excluding carboxylic acids is 2. The van der Waals surface area contributed by atoms with Crippen LogP contribution in [0.25, 0.3) is 0 Å². The van der Waals surface area contributed by atoms with E-state index in [9.17, 15) is 40.2 Å². The highest BCUT2D eigenvalue weighted by Gasteiger charge is 2.85. The highest BCUT2D eigenvalue weighted by atomic mass is 16.5. The molecule has 0 aromatic heterocycles. The Balaban J connectivity index is 1.33. The molecule has 10 nitrogen and oxygen atoms in total. The molecular weight excluding hydrogens is 747 g/mol. The molecule has 14 atom stereocenters. The number of aliphatic hydroxyl groups excluding tert-OH is 3. The molecular formula is C49H69NO9. The van der Waals surface area contributed by atoms with Crippen LogP contribution in [0.2, 0.25) is 0 Å². The van der Waals surface area contributed by atoms with E-state index in [1.165, 1.54) is 0 Å². The van der Waals surface area contributed by atoms with Crippen LogP contribution >= 0.6 is 0 Å². The van der Waals surface area contributed by atoms with Gasteiger partial charge in [0.25, 0.3) is 0 Å². The van der Waals surface area contributed by atoms with E-state index in [1.54, 1.807) is 6.08 Å². The molecule has 7 aliphatic rings. The Hall–Kier alpha value is -2.62. The fourth-order valence-electron chi connectivity index (χ4n) is 15.4. The molecule has 7 N–H and O–H groups in total. The lowest BCUT2D eigenvalue weighted by atomic mass is 9.35. The van der Waals surface area contributed by atoms with E-state index in [-0.39, 0.29) is 68.6 Å². The molecule has 14 unspecified atom stereocenters. The van der Waals surface area contributed by atoms with Gasteiger partial charge >= 0.3 is 5.97 Å². The number of likely N-dealkylation sites (N-methyl/N-ethyl adjacent to an activating group) is 1. The average Bonchev–Trinajstić information content (AvgIpc) is 3.71. The van der Waals surface area contributed by atoms with Gasteiger partial charge in [0, 0.05) is 53.2 Å². The molecule has 1 spiro atoms. The minimum Gasteiger partial charge on any atom is -0.454 e. The van der Waals surface area contributed by atoms with Crippen LogP contribution in [-0.4, -0.2) is 91.6 Å². The van der Waals surface area contributed by atoms with E-state index >= 15 is 0 Å². The molecule has 5 saturated carbocycles. The summed E-state index contributed by atoms with van der Waals surface area (Å²) < 4.78 is 6.24. The number of aliphatic hydroxyl groups is 6. The number of rotatable bonds is 11. The van der Waals surface area contributed by atoms with Crippen LogP contribution in [0.15, 0.2) is 29.8 Å². The molecule has 5 fully saturated rings. The summed E-state index contributed by atoms with van der Waals surface area (Å²) in [5, 5.41) is 79.2. The molecule has 0 radical (unpaired) electrons. The first-order chi connectivity index (χ1) is 28.2. The smallest absolute Gasteiger partial charge is 0.331 e. The maximum Gasteiger partial charge on any atom is 0.331 e. The maximum atomic E-state index is 14.2. The van der Waals surface area contributed by atoms with Gasteiger partial charge in [0.2, 0.25) is 0 Å². The summed E-state index contributed by atoms with van der Waals surface area (Å²) in [4.78, 5) is 27.8. The summed E-state index contributed by atoms with van der Waals surface area (Å²) >= 11 is 0. The molecule has 324 valence electrons. The third kappa shape index (κ3) is 5.91. The van der Waals surface area contributed by atoms with Crippen LogP contribution in [0, 0.1) is 63.6 Å². The molecule has 0 saturated heterocycles. The van der Waals surface area contributed by atoms with Crippen LogP contribution in [0.5, 0.6) is 0 Å². The zero-order valence-corrected chi connectivity index (χ0v) is 35.7. The van der Waals surface area contributed by atoms with E-state index in [0.717, 1.165) is 48.7 Å². The fourth-order valence-corrected chi connectivity index (χ4v) is 15.4. The number of hydrogen-bond acceptors (Lipinski definition) is 10. The lowest BCUT2D eigenvalue weighted by Gasteiger charge is -2.72. The zero-order valence-electron chi connectivity index (χ0n) is 35.7. The van der Waals surface area contributed by atoms with E-state index < -0.39 is 63.1 Å². The van der Waals surface area contributed by atoms with E-state index in [2.05, 4.69) is 37.9 Å². The number of hydrogen-bond donors (Lipinski definition) is 7. The number of aldehydes is 1. The second-order valence-electron chi connectivity index (χ2n) is 20.5. The Morgan fingerprint density at radius 3 is 2.53 bits per heavy atom. The van der Waals surface area contributed by atoms with Gasteiger partial charge in [-0.15, -0.1) is 0 Å². The summed E-state index contributed by atoms with van der Waals surface area (Å²) in [5.74, 6) is 4.39. The first-order valence-corrected chi connectivity index (χ1v) is 22.9. The molecule has 1 aromatic rings. The van der Waals surface area contributed by atoms with Gasteiger partial charge < -0.3 is 45.5 Å². The highest BCUT2D eigenvalue weighted by Crippen LogP contribution is 2.80. The van der Waals surface area contributed by atoms with Crippen molar-refractivity contribution in [1.82, 2.24) is 5.32 Å². The Labute approximate surface area is 350 Å².